The minimum Gasteiger partial charge on any atom is -0.494 e. The smallest absolute Gasteiger partial charge is 0.119 e. The first-order valence-corrected chi connectivity index (χ1v) is 6.37. The van der Waals surface area contributed by atoms with Gasteiger partial charge >= 0.3 is 0 Å². The van der Waals surface area contributed by atoms with Gasteiger partial charge in [-0.1, -0.05) is 0 Å². The minimum absolute atomic E-state index is 0.0587. The summed E-state index contributed by atoms with van der Waals surface area (Å²) in [5.41, 5.74) is 7.40. The maximum Gasteiger partial charge on any atom is 0.119 e. The molecule has 1 aromatic rings. The van der Waals surface area contributed by atoms with Gasteiger partial charge in [0.05, 0.1) is 6.61 Å². The lowest BCUT2D eigenvalue weighted by atomic mass is 9.92. The standard InChI is InChI=1S/C14H22N2O/c1-3-17-13-7-5-12(6-8-13)16-10-4-9-14(2,15)11-16/h5-8H,3-4,9-11,15H2,1-2H3. The first kappa shape index (κ1) is 12.2. The number of hydrogen-bond donors (Lipinski definition) is 1. The lowest BCUT2D eigenvalue weighted by Gasteiger charge is -2.39. The Morgan fingerprint density at radius 1 is 1.35 bits per heavy atom. The van der Waals surface area contributed by atoms with Crippen LogP contribution in [0.2, 0.25) is 0 Å². The molecule has 0 saturated carbocycles. The summed E-state index contributed by atoms with van der Waals surface area (Å²) < 4.78 is 5.45. The number of anilines is 1. The molecule has 1 aliphatic rings. The van der Waals surface area contributed by atoms with Crippen molar-refractivity contribution in [3.05, 3.63) is 24.3 Å². The SMILES string of the molecule is CCOc1ccc(N2CCCC(C)(N)C2)cc1. The fraction of sp³-hybridized carbons (Fsp3) is 0.571. The predicted octanol–water partition coefficient (Wildman–Crippen LogP) is 2.40. The Kier molecular flexibility index (Phi) is 3.57. The molecule has 1 unspecified atom stereocenters. The summed E-state index contributed by atoms with van der Waals surface area (Å²) in [7, 11) is 0. The molecule has 1 atom stereocenters. The first-order chi connectivity index (χ1) is 8.11. The molecule has 0 aliphatic carbocycles. The van der Waals surface area contributed by atoms with Gasteiger partial charge in [0.2, 0.25) is 0 Å². The van der Waals surface area contributed by atoms with E-state index in [-0.39, 0.29) is 5.54 Å². The molecule has 2 N–H and O–H groups in total. The quantitative estimate of drug-likeness (QED) is 0.872. The van der Waals surface area contributed by atoms with Crippen LogP contribution in [0.4, 0.5) is 5.69 Å². The monoisotopic (exact) mass is 234 g/mol. The fourth-order valence-corrected chi connectivity index (χ4v) is 2.41. The number of nitrogens with two attached hydrogens (primary N) is 1. The Hall–Kier alpha value is -1.22. The average molecular weight is 234 g/mol. The van der Waals surface area contributed by atoms with Crippen molar-refractivity contribution in [2.45, 2.75) is 32.2 Å². The second-order valence-electron chi connectivity index (χ2n) is 5.11. The summed E-state index contributed by atoms with van der Waals surface area (Å²) in [6, 6.07) is 8.29. The summed E-state index contributed by atoms with van der Waals surface area (Å²) in [6.45, 7) is 6.87. The maximum atomic E-state index is 6.22. The Morgan fingerprint density at radius 3 is 2.65 bits per heavy atom. The van der Waals surface area contributed by atoms with Gasteiger partial charge in [-0.3, -0.25) is 0 Å². The van der Waals surface area contributed by atoms with Crippen LogP contribution < -0.4 is 15.4 Å². The number of hydrogen-bond acceptors (Lipinski definition) is 3. The third-order valence-electron chi connectivity index (χ3n) is 3.24. The molecule has 1 heterocycles. The molecule has 17 heavy (non-hydrogen) atoms. The largest absolute Gasteiger partial charge is 0.494 e. The molecule has 0 radical (unpaired) electrons. The van der Waals surface area contributed by atoms with Gasteiger partial charge in [0.15, 0.2) is 0 Å². The second-order valence-corrected chi connectivity index (χ2v) is 5.11. The van der Waals surface area contributed by atoms with Crippen molar-refractivity contribution in [2.24, 2.45) is 5.73 Å². The zero-order valence-corrected chi connectivity index (χ0v) is 10.8. The number of piperidine rings is 1. The van der Waals surface area contributed by atoms with Gasteiger partial charge in [0.1, 0.15) is 5.75 Å². The van der Waals surface area contributed by atoms with Crippen LogP contribution in [0.1, 0.15) is 26.7 Å². The second kappa shape index (κ2) is 4.96. The highest BCUT2D eigenvalue weighted by Crippen LogP contribution is 2.25. The van der Waals surface area contributed by atoms with Crippen molar-refractivity contribution in [1.82, 2.24) is 0 Å². The molecule has 0 aromatic heterocycles. The van der Waals surface area contributed by atoms with E-state index in [1.54, 1.807) is 0 Å². The average Bonchev–Trinajstić information content (AvgIpc) is 2.29. The van der Waals surface area contributed by atoms with Crippen molar-refractivity contribution >= 4 is 5.69 Å². The van der Waals surface area contributed by atoms with Crippen LogP contribution in [-0.4, -0.2) is 25.2 Å². The Bertz CT molecular complexity index is 359. The van der Waals surface area contributed by atoms with E-state index < -0.39 is 0 Å². The van der Waals surface area contributed by atoms with Gasteiger partial charge < -0.3 is 15.4 Å². The third kappa shape index (κ3) is 3.13. The van der Waals surface area contributed by atoms with Crippen LogP contribution in [0.15, 0.2) is 24.3 Å². The lowest BCUT2D eigenvalue weighted by molar-refractivity contribution is 0.340. The number of ether oxygens (including phenoxy) is 1. The van der Waals surface area contributed by atoms with Crippen molar-refractivity contribution in [2.75, 3.05) is 24.6 Å². The minimum atomic E-state index is -0.0587. The van der Waals surface area contributed by atoms with E-state index >= 15 is 0 Å². The van der Waals surface area contributed by atoms with Crippen LogP contribution >= 0.6 is 0 Å². The molecule has 3 nitrogen and oxygen atoms in total. The summed E-state index contributed by atoms with van der Waals surface area (Å²) in [5, 5.41) is 0. The van der Waals surface area contributed by atoms with E-state index in [1.165, 1.54) is 12.1 Å². The molecule has 0 bridgehead atoms. The van der Waals surface area contributed by atoms with Crippen LogP contribution in [0.5, 0.6) is 5.75 Å². The highest BCUT2D eigenvalue weighted by molar-refractivity contribution is 5.49. The molecule has 0 spiro atoms. The molecule has 3 heteroatoms. The number of benzene rings is 1. The van der Waals surface area contributed by atoms with Crippen molar-refractivity contribution < 1.29 is 4.74 Å². The zero-order chi connectivity index (χ0) is 12.3. The summed E-state index contributed by atoms with van der Waals surface area (Å²) in [4.78, 5) is 2.36. The third-order valence-corrected chi connectivity index (χ3v) is 3.24. The van der Waals surface area contributed by atoms with E-state index in [0.29, 0.717) is 6.61 Å². The van der Waals surface area contributed by atoms with Crippen LogP contribution in [-0.2, 0) is 0 Å². The van der Waals surface area contributed by atoms with E-state index in [4.69, 9.17) is 10.5 Å². The summed E-state index contributed by atoms with van der Waals surface area (Å²) in [5.74, 6) is 0.934. The van der Waals surface area contributed by atoms with E-state index in [1.807, 2.05) is 19.1 Å². The molecule has 1 aliphatic heterocycles. The van der Waals surface area contributed by atoms with Gasteiger partial charge in [-0.25, -0.2) is 0 Å². The van der Waals surface area contributed by atoms with Gasteiger partial charge in [-0.05, 0) is 51.0 Å². The number of nitrogens with zero attached hydrogens (tertiary/aromatic N) is 1. The number of rotatable bonds is 3. The highest BCUT2D eigenvalue weighted by Gasteiger charge is 2.26. The van der Waals surface area contributed by atoms with Crippen molar-refractivity contribution in [3.8, 4) is 5.75 Å². The lowest BCUT2D eigenvalue weighted by Crippen LogP contribution is -2.52. The van der Waals surface area contributed by atoms with Gasteiger partial charge in [-0.2, -0.15) is 0 Å². The highest BCUT2D eigenvalue weighted by atomic mass is 16.5. The van der Waals surface area contributed by atoms with Gasteiger partial charge in [0.25, 0.3) is 0 Å². The van der Waals surface area contributed by atoms with Gasteiger partial charge in [-0.15, -0.1) is 0 Å². The molecule has 94 valence electrons. The Balaban J connectivity index is 2.06. The molecular formula is C14H22N2O. The molecular weight excluding hydrogens is 212 g/mol. The molecule has 2 rings (SSSR count). The predicted molar refractivity (Wildman–Crippen MR) is 71.7 cm³/mol. The summed E-state index contributed by atoms with van der Waals surface area (Å²) >= 11 is 0. The van der Waals surface area contributed by atoms with E-state index in [0.717, 1.165) is 25.3 Å². The van der Waals surface area contributed by atoms with Crippen LogP contribution in [0, 0.1) is 0 Å². The van der Waals surface area contributed by atoms with Crippen molar-refractivity contribution in [1.29, 1.82) is 0 Å². The fourth-order valence-electron chi connectivity index (χ4n) is 2.41. The topological polar surface area (TPSA) is 38.5 Å². The van der Waals surface area contributed by atoms with Gasteiger partial charge in [0, 0.05) is 24.3 Å². The zero-order valence-electron chi connectivity index (χ0n) is 10.8. The van der Waals surface area contributed by atoms with E-state index in [2.05, 4.69) is 24.0 Å². The van der Waals surface area contributed by atoms with E-state index in [9.17, 15) is 0 Å². The van der Waals surface area contributed by atoms with Crippen LogP contribution in [0.3, 0.4) is 0 Å². The maximum absolute atomic E-state index is 6.22. The molecule has 0 amide bonds. The van der Waals surface area contributed by atoms with Crippen molar-refractivity contribution in [3.63, 3.8) is 0 Å². The molecule has 1 saturated heterocycles. The first-order valence-electron chi connectivity index (χ1n) is 6.37. The molecule has 1 fully saturated rings. The molecule has 1 aromatic carbocycles. The normalized spacial score (nSPS) is 24.8. The summed E-state index contributed by atoms with van der Waals surface area (Å²) in [6.07, 6.45) is 2.28. The Labute approximate surface area is 104 Å². The van der Waals surface area contributed by atoms with Crippen LogP contribution in [0.25, 0.3) is 0 Å². The Morgan fingerprint density at radius 2 is 2.06 bits per heavy atom.